The van der Waals surface area contributed by atoms with Crippen molar-refractivity contribution in [2.24, 2.45) is 0 Å². The van der Waals surface area contributed by atoms with Crippen LogP contribution < -0.4 is 5.32 Å². The Labute approximate surface area is 158 Å². The number of benzene rings is 1. The summed E-state index contributed by atoms with van der Waals surface area (Å²) in [7, 11) is 0. The maximum atomic E-state index is 13.2. The SMILES string of the molecule is Cc1nn(CC(=O)NC(c2ccc(F)cc2)c2cccs2)c(C)c1[N+](=O)[O-]. The van der Waals surface area contributed by atoms with E-state index in [-0.39, 0.29) is 29.7 Å². The minimum atomic E-state index is -0.501. The van der Waals surface area contributed by atoms with Gasteiger partial charge in [-0.15, -0.1) is 11.3 Å². The van der Waals surface area contributed by atoms with Crippen LogP contribution in [0, 0.1) is 29.8 Å². The number of nitrogens with zero attached hydrogens (tertiary/aromatic N) is 3. The molecule has 0 radical (unpaired) electrons. The number of carbonyl (C=O) groups is 1. The van der Waals surface area contributed by atoms with Gasteiger partial charge in [-0.2, -0.15) is 5.10 Å². The molecule has 0 saturated heterocycles. The Balaban J connectivity index is 1.82. The van der Waals surface area contributed by atoms with Gasteiger partial charge < -0.3 is 5.32 Å². The van der Waals surface area contributed by atoms with Gasteiger partial charge >= 0.3 is 5.69 Å². The van der Waals surface area contributed by atoms with E-state index in [9.17, 15) is 19.3 Å². The van der Waals surface area contributed by atoms with Gasteiger partial charge in [0.25, 0.3) is 0 Å². The lowest BCUT2D eigenvalue weighted by atomic mass is 10.1. The first-order valence-electron chi connectivity index (χ1n) is 8.13. The highest BCUT2D eigenvalue weighted by Gasteiger charge is 2.24. The summed E-state index contributed by atoms with van der Waals surface area (Å²) < 4.78 is 14.6. The highest BCUT2D eigenvalue weighted by atomic mass is 32.1. The summed E-state index contributed by atoms with van der Waals surface area (Å²) in [5.41, 5.74) is 1.24. The first-order chi connectivity index (χ1) is 12.9. The number of amides is 1. The van der Waals surface area contributed by atoms with Gasteiger partial charge in [0.15, 0.2) is 0 Å². The first-order valence-corrected chi connectivity index (χ1v) is 9.01. The Morgan fingerprint density at radius 2 is 2.04 bits per heavy atom. The van der Waals surface area contributed by atoms with E-state index in [1.165, 1.54) is 35.1 Å². The molecule has 0 aliphatic rings. The number of aromatic nitrogens is 2. The Kier molecular flexibility index (Phi) is 5.31. The normalized spacial score (nSPS) is 12.0. The Morgan fingerprint density at radius 3 is 2.59 bits per heavy atom. The predicted octanol–water partition coefficient (Wildman–Crippen LogP) is 3.51. The number of hydrogen-bond donors (Lipinski definition) is 1. The molecule has 3 aromatic rings. The summed E-state index contributed by atoms with van der Waals surface area (Å²) >= 11 is 1.47. The van der Waals surface area contributed by atoms with Crippen molar-refractivity contribution in [1.82, 2.24) is 15.1 Å². The van der Waals surface area contributed by atoms with Crippen LogP contribution in [0.3, 0.4) is 0 Å². The second-order valence-corrected chi connectivity index (χ2v) is 6.98. The van der Waals surface area contributed by atoms with Gasteiger partial charge in [-0.1, -0.05) is 18.2 Å². The van der Waals surface area contributed by atoms with Crippen molar-refractivity contribution in [2.45, 2.75) is 26.4 Å². The van der Waals surface area contributed by atoms with Crippen LogP contribution in [0.15, 0.2) is 41.8 Å². The molecule has 27 heavy (non-hydrogen) atoms. The van der Waals surface area contributed by atoms with E-state index in [0.717, 1.165) is 10.4 Å². The topological polar surface area (TPSA) is 90.1 Å². The summed E-state index contributed by atoms with van der Waals surface area (Å²) in [6.45, 7) is 2.94. The molecule has 1 amide bonds. The molecule has 1 unspecified atom stereocenters. The van der Waals surface area contributed by atoms with Crippen molar-refractivity contribution in [1.29, 1.82) is 0 Å². The van der Waals surface area contributed by atoms with E-state index >= 15 is 0 Å². The van der Waals surface area contributed by atoms with E-state index < -0.39 is 11.0 Å². The summed E-state index contributed by atoms with van der Waals surface area (Å²) in [5.74, 6) is -0.705. The van der Waals surface area contributed by atoms with Gasteiger partial charge in [-0.25, -0.2) is 4.39 Å². The zero-order valence-electron chi connectivity index (χ0n) is 14.7. The second-order valence-electron chi connectivity index (χ2n) is 6.00. The molecule has 0 saturated carbocycles. The molecule has 0 bridgehead atoms. The number of nitro groups is 1. The highest BCUT2D eigenvalue weighted by Crippen LogP contribution is 2.27. The van der Waals surface area contributed by atoms with Gasteiger partial charge in [0.05, 0.1) is 11.0 Å². The number of carbonyl (C=O) groups excluding carboxylic acids is 1. The van der Waals surface area contributed by atoms with Crippen LogP contribution in [-0.4, -0.2) is 20.6 Å². The zero-order chi connectivity index (χ0) is 19.6. The van der Waals surface area contributed by atoms with Gasteiger partial charge in [0, 0.05) is 4.88 Å². The van der Waals surface area contributed by atoms with Crippen molar-refractivity contribution in [3.8, 4) is 0 Å². The monoisotopic (exact) mass is 388 g/mol. The standard InChI is InChI=1S/C18H17FN4O3S/c1-11-18(23(25)26)12(2)22(21-11)10-16(24)20-17(15-4-3-9-27-15)13-5-7-14(19)8-6-13/h3-9,17H,10H2,1-2H3,(H,20,24). The maximum absolute atomic E-state index is 13.2. The molecular formula is C18H17FN4O3S. The minimum absolute atomic E-state index is 0.0869. The second kappa shape index (κ2) is 7.67. The molecule has 0 aliphatic heterocycles. The smallest absolute Gasteiger partial charge is 0.312 e. The van der Waals surface area contributed by atoms with E-state index in [2.05, 4.69) is 10.4 Å². The zero-order valence-corrected chi connectivity index (χ0v) is 15.5. The lowest BCUT2D eigenvalue weighted by Crippen LogP contribution is -2.32. The van der Waals surface area contributed by atoms with E-state index in [1.807, 2.05) is 17.5 Å². The fraction of sp³-hybridized carbons (Fsp3) is 0.222. The average molecular weight is 388 g/mol. The lowest BCUT2D eigenvalue weighted by molar-refractivity contribution is -0.386. The molecule has 0 fully saturated rings. The van der Waals surface area contributed by atoms with Crippen LogP contribution in [0.4, 0.5) is 10.1 Å². The van der Waals surface area contributed by atoms with Crippen LogP contribution in [0.25, 0.3) is 0 Å². The molecule has 2 aromatic heterocycles. The van der Waals surface area contributed by atoms with Gasteiger partial charge in [-0.05, 0) is 43.0 Å². The van der Waals surface area contributed by atoms with Gasteiger partial charge in [0.2, 0.25) is 5.91 Å². The molecule has 1 N–H and O–H groups in total. The lowest BCUT2D eigenvalue weighted by Gasteiger charge is -2.18. The van der Waals surface area contributed by atoms with Gasteiger partial charge in [-0.3, -0.25) is 19.6 Å². The van der Waals surface area contributed by atoms with Crippen LogP contribution in [0.1, 0.15) is 27.9 Å². The third kappa shape index (κ3) is 4.03. The number of thiophene rings is 1. The van der Waals surface area contributed by atoms with E-state index in [1.54, 1.807) is 19.1 Å². The molecule has 3 rings (SSSR count). The summed E-state index contributed by atoms with van der Waals surface area (Å²) in [6.07, 6.45) is 0. The van der Waals surface area contributed by atoms with Gasteiger partial charge in [0.1, 0.15) is 23.7 Å². The van der Waals surface area contributed by atoms with Crippen molar-refractivity contribution >= 4 is 22.9 Å². The molecule has 0 spiro atoms. The maximum Gasteiger partial charge on any atom is 0.312 e. The molecule has 1 atom stereocenters. The Hall–Kier alpha value is -3.07. The van der Waals surface area contributed by atoms with Crippen molar-refractivity contribution < 1.29 is 14.1 Å². The van der Waals surface area contributed by atoms with Crippen molar-refractivity contribution in [3.05, 3.63) is 79.5 Å². The van der Waals surface area contributed by atoms with Crippen LogP contribution in [0.5, 0.6) is 0 Å². The van der Waals surface area contributed by atoms with E-state index in [0.29, 0.717) is 5.69 Å². The van der Waals surface area contributed by atoms with Crippen LogP contribution in [0.2, 0.25) is 0 Å². The first kappa shape index (κ1) is 18.7. The minimum Gasteiger partial charge on any atom is -0.343 e. The fourth-order valence-corrected chi connectivity index (χ4v) is 3.68. The quantitative estimate of drug-likeness (QED) is 0.517. The number of halogens is 1. The summed E-state index contributed by atoms with van der Waals surface area (Å²) in [4.78, 5) is 24.1. The fourth-order valence-electron chi connectivity index (χ4n) is 2.88. The van der Waals surface area contributed by atoms with E-state index in [4.69, 9.17) is 0 Å². The van der Waals surface area contributed by atoms with Crippen molar-refractivity contribution in [2.75, 3.05) is 0 Å². The van der Waals surface area contributed by atoms with Crippen LogP contribution >= 0.6 is 11.3 Å². The molecule has 0 aliphatic carbocycles. The summed E-state index contributed by atoms with van der Waals surface area (Å²) in [6, 6.07) is 9.23. The predicted molar refractivity (Wildman–Crippen MR) is 99.1 cm³/mol. The molecular weight excluding hydrogens is 371 g/mol. The highest BCUT2D eigenvalue weighted by molar-refractivity contribution is 7.10. The largest absolute Gasteiger partial charge is 0.343 e. The molecule has 2 heterocycles. The number of rotatable bonds is 6. The number of nitrogens with one attached hydrogen (secondary N) is 1. The number of aryl methyl sites for hydroxylation is 1. The number of hydrogen-bond acceptors (Lipinski definition) is 5. The Morgan fingerprint density at radius 1 is 1.33 bits per heavy atom. The molecule has 7 nitrogen and oxygen atoms in total. The Bertz CT molecular complexity index is 967. The average Bonchev–Trinajstić information content (AvgIpc) is 3.22. The van der Waals surface area contributed by atoms with Crippen molar-refractivity contribution in [3.63, 3.8) is 0 Å². The summed E-state index contributed by atoms with van der Waals surface area (Å²) in [5, 5.41) is 20.0. The molecule has 1 aromatic carbocycles. The molecule has 9 heteroatoms. The van der Waals surface area contributed by atoms with Crippen LogP contribution in [-0.2, 0) is 11.3 Å². The third-order valence-electron chi connectivity index (χ3n) is 4.16. The molecule has 140 valence electrons. The third-order valence-corrected chi connectivity index (χ3v) is 5.09.